The molecule has 0 saturated carbocycles. The van der Waals surface area contributed by atoms with E-state index in [0.717, 1.165) is 12.3 Å². The fourth-order valence-corrected chi connectivity index (χ4v) is 3.60. The van der Waals surface area contributed by atoms with E-state index >= 15 is 0 Å². The molecule has 0 aliphatic carbocycles. The largest absolute Gasteiger partial charge is 0.435 e. The molecule has 8 nitrogen and oxygen atoms in total. The minimum absolute atomic E-state index is 0.0524. The van der Waals surface area contributed by atoms with Gasteiger partial charge in [0.1, 0.15) is 11.2 Å². The van der Waals surface area contributed by atoms with Crippen molar-refractivity contribution in [3.05, 3.63) is 65.3 Å². The molecule has 3 aromatic heterocycles. The van der Waals surface area contributed by atoms with E-state index in [4.69, 9.17) is 4.42 Å². The van der Waals surface area contributed by atoms with Crippen LogP contribution in [-0.2, 0) is 6.42 Å². The van der Waals surface area contributed by atoms with Crippen molar-refractivity contribution < 1.29 is 26.8 Å². The van der Waals surface area contributed by atoms with Crippen LogP contribution in [0.5, 0.6) is 0 Å². The number of carbonyl (C=O) groups excluding carboxylic acids is 1. The van der Waals surface area contributed by atoms with Crippen molar-refractivity contribution in [2.45, 2.75) is 19.0 Å². The van der Waals surface area contributed by atoms with E-state index in [9.17, 15) is 22.4 Å². The number of rotatable bonds is 3. The highest BCUT2D eigenvalue weighted by molar-refractivity contribution is 5.93. The maximum atomic E-state index is 14.1. The highest BCUT2D eigenvalue weighted by Crippen LogP contribution is 2.36. The Morgan fingerprint density at radius 1 is 1.27 bits per heavy atom. The van der Waals surface area contributed by atoms with Gasteiger partial charge in [-0.1, -0.05) is 0 Å². The lowest BCUT2D eigenvalue weighted by Crippen LogP contribution is -2.41. The van der Waals surface area contributed by atoms with E-state index in [1.54, 1.807) is 0 Å². The van der Waals surface area contributed by atoms with Gasteiger partial charge in [-0.2, -0.15) is 23.0 Å². The molecule has 30 heavy (non-hydrogen) atoms. The second-order valence-electron chi connectivity index (χ2n) is 6.62. The number of hydrogen-bond acceptors (Lipinski definition) is 5. The summed E-state index contributed by atoms with van der Waals surface area (Å²) in [6, 6.07) is 2.30. The topological polar surface area (TPSA) is 92.8 Å². The predicted octanol–water partition coefficient (Wildman–Crippen LogP) is 3.21. The Morgan fingerprint density at radius 2 is 2.10 bits per heavy atom. The Labute approximate surface area is 165 Å². The lowest BCUT2D eigenvalue weighted by Gasteiger charge is -2.33. The monoisotopic (exact) mass is 420 g/mol. The summed E-state index contributed by atoms with van der Waals surface area (Å²) in [5.41, 5.74) is 0.391. The normalized spacial score (nSPS) is 16.4. The van der Waals surface area contributed by atoms with Crippen LogP contribution >= 0.6 is 0 Å². The van der Waals surface area contributed by atoms with Crippen LogP contribution in [0, 0.1) is 11.6 Å². The van der Waals surface area contributed by atoms with Gasteiger partial charge in [0, 0.05) is 24.9 Å². The number of amides is 1. The minimum atomic E-state index is -3.01. The van der Waals surface area contributed by atoms with Gasteiger partial charge in [-0.25, -0.2) is 14.4 Å². The first-order valence-corrected chi connectivity index (χ1v) is 8.85. The van der Waals surface area contributed by atoms with Crippen LogP contribution < -0.4 is 0 Å². The Balaban J connectivity index is 1.64. The number of benzene rings is 1. The van der Waals surface area contributed by atoms with Gasteiger partial charge in [0.05, 0.1) is 12.0 Å². The molecule has 0 spiro atoms. The fourth-order valence-electron chi connectivity index (χ4n) is 3.60. The molecule has 0 saturated heterocycles. The molecule has 1 aliphatic heterocycles. The van der Waals surface area contributed by atoms with Crippen molar-refractivity contribution >= 4 is 17.0 Å². The lowest BCUT2D eigenvalue weighted by molar-refractivity contribution is 0.0434. The summed E-state index contributed by atoms with van der Waals surface area (Å²) >= 11 is 0. The quantitative estimate of drug-likeness (QED) is 0.514. The van der Waals surface area contributed by atoms with E-state index in [2.05, 4.69) is 20.1 Å². The third-order valence-electron chi connectivity index (χ3n) is 4.96. The summed E-state index contributed by atoms with van der Waals surface area (Å²) in [6.45, 7) is -2.88. The van der Waals surface area contributed by atoms with Crippen molar-refractivity contribution in [1.82, 2.24) is 29.6 Å². The Kier molecular flexibility index (Phi) is 4.08. The zero-order valence-corrected chi connectivity index (χ0v) is 15.0. The Bertz CT molecular complexity index is 1260. The summed E-state index contributed by atoms with van der Waals surface area (Å²) in [5, 5.41) is 3.49. The standard InChI is InChI=1S/C18H12F4N6O2/c19-8-1-2-10-15(12(8)20)30-16(26-10)14-13-9(23-7-24-13)4-6-27(14)17(29)11-3-5-25-28(11)18(21)22/h1-3,5,7,14,18H,4,6H2,(H,23,24)/t14-/m0/s1. The molecule has 0 fully saturated rings. The molecule has 0 bridgehead atoms. The van der Waals surface area contributed by atoms with Crippen molar-refractivity contribution in [3.8, 4) is 0 Å². The Morgan fingerprint density at radius 3 is 2.90 bits per heavy atom. The van der Waals surface area contributed by atoms with Crippen LogP contribution in [0.25, 0.3) is 11.1 Å². The summed E-state index contributed by atoms with van der Waals surface area (Å²) in [4.78, 5) is 25.7. The number of nitrogens with zero attached hydrogens (tertiary/aromatic N) is 5. The highest BCUT2D eigenvalue weighted by Gasteiger charge is 2.39. The number of imidazole rings is 1. The summed E-state index contributed by atoms with van der Waals surface area (Å²) in [7, 11) is 0. The molecule has 5 rings (SSSR count). The molecule has 0 unspecified atom stereocenters. The van der Waals surface area contributed by atoms with E-state index < -0.39 is 35.7 Å². The van der Waals surface area contributed by atoms with Crippen LogP contribution in [0.2, 0.25) is 0 Å². The number of hydrogen-bond donors (Lipinski definition) is 1. The van der Waals surface area contributed by atoms with Gasteiger partial charge < -0.3 is 14.3 Å². The average Bonchev–Trinajstić information content (AvgIpc) is 3.48. The van der Waals surface area contributed by atoms with Crippen molar-refractivity contribution in [1.29, 1.82) is 0 Å². The molecule has 1 aliphatic rings. The maximum Gasteiger partial charge on any atom is 0.333 e. The van der Waals surface area contributed by atoms with Gasteiger partial charge in [-0.05, 0) is 18.2 Å². The van der Waals surface area contributed by atoms with Gasteiger partial charge in [-0.3, -0.25) is 4.79 Å². The SMILES string of the molecule is O=C(c1ccnn1C(F)F)N1CCc2[nH]cnc2[C@H]1c1nc2ccc(F)c(F)c2o1. The zero-order chi connectivity index (χ0) is 21.0. The van der Waals surface area contributed by atoms with E-state index in [0.29, 0.717) is 22.5 Å². The molecule has 1 atom stereocenters. The molecular formula is C18H12F4N6O2. The number of aromatic nitrogens is 5. The Hall–Kier alpha value is -3.70. The van der Waals surface area contributed by atoms with E-state index in [1.807, 2.05) is 0 Å². The summed E-state index contributed by atoms with van der Waals surface area (Å²) in [6.07, 6.45) is 2.89. The highest BCUT2D eigenvalue weighted by atomic mass is 19.3. The van der Waals surface area contributed by atoms with Crippen LogP contribution in [0.3, 0.4) is 0 Å². The molecular weight excluding hydrogens is 408 g/mol. The van der Waals surface area contributed by atoms with Crippen molar-refractivity contribution in [2.75, 3.05) is 6.54 Å². The van der Waals surface area contributed by atoms with E-state index in [1.165, 1.54) is 23.4 Å². The number of fused-ring (bicyclic) bond motifs is 2. The zero-order valence-electron chi connectivity index (χ0n) is 15.0. The van der Waals surface area contributed by atoms with Gasteiger partial charge in [0.2, 0.25) is 11.7 Å². The number of halogens is 4. The van der Waals surface area contributed by atoms with Gasteiger partial charge in [0.25, 0.3) is 5.91 Å². The van der Waals surface area contributed by atoms with Crippen molar-refractivity contribution in [2.24, 2.45) is 0 Å². The average molecular weight is 420 g/mol. The third-order valence-corrected chi connectivity index (χ3v) is 4.96. The molecule has 1 aromatic carbocycles. The fraction of sp³-hybridized carbons (Fsp3) is 0.222. The summed E-state index contributed by atoms with van der Waals surface area (Å²) in [5.74, 6) is -3.18. The molecule has 154 valence electrons. The number of nitrogens with one attached hydrogen (secondary N) is 1. The third kappa shape index (κ3) is 2.67. The van der Waals surface area contributed by atoms with Crippen LogP contribution in [0.1, 0.15) is 40.4 Å². The van der Waals surface area contributed by atoms with Gasteiger partial charge in [-0.15, -0.1) is 0 Å². The second-order valence-corrected chi connectivity index (χ2v) is 6.62. The molecule has 12 heteroatoms. The molecule has 1 N–H and O–H groups in total. The maximum absolute atomic E-state index is 14.1. The molecule has 0 radical (unpaired) electrons. The van der Waals surface area contributed by atoms with Gasteiger partial charge >= 0.3 is 6.55 Å². The first-order valence-electron chi connectivity index (χ1n) is 8.85. The van der Waals surface area contributed by atoms with E-state index in [-0.39, 0.29) is 23.6 Å². The predicted molar refractivity (Wildman–Crippen MR) is 92.6 cm³/mol. The first kappa shape index (κ1) is 18.3. The first-order chi connectivity index (χ1) is 14.5. The summed E-state index contributed by atoms with van der Waals surface area (Å²) < 4.78 is 59.9. The van der Waals surface area contributed by atoms with Gasteiger partial charge in [0.15, 0.2) is 17.4 Å². The lowest BCUT2D eigenvalue weighted by atomic mass is 10.0. The molecule has 4 heterocycles. The van der Waals surface area contributed by atoms with Crippen LogP contribution in [0.15, 0.2) is 35.1 Å². The molecule has 4 aromatic rings. The smallest absolute Gasteiger partial charge is 0.333 e. The number of aromatic amines is 1. The number of alkyl halides is 2. The van der Waals surface area contributed by atoms with Crippen molar-refractivity contribution in [3.63, 3.8) is 0 Å². The minimum Gasteiger partial charge on any atom is -0.435 e. The molecule has 1 amide bonds. The number of H-pyrrole nitrogens is 1. The second kappa shape index (κ2) is 6.68. The number of oxazole rings is 1. The number of carbonyl (C=O) groups is 1. The van der Waals surface area contributed by atoms with Crippen LogP contribution in [0.4, 0.5) is 17.6 Å². The van der Waals surface area contributed by atoms with Crippen LogP contribution in [-0.4, -0.2) is 42.1 Å².